The number of esters is 4. The molecule has 0 heterocycles. The number of ether oxygens (including phenoxy) is 6. The van der Waals surface area contributed by atoms with Crippen molar-refractivity contribution in [3.63, 3.8) is 0 Å². The fourth-order valence-corrected chi connectivity index (χ4v) is 6.32. The van der Waals surface area contributed by atoms with Crippen LogP contribution in [-0.4, -0.2) is 62.5 Å². The molecular weight excluding hydrogens is 725 g/mol. The van der Waals surface area contributed by atoms with Crippen molar-refractivity contribution >= 4 is 23.9 Å². The van der Waals surface area contributed by atoms with Crippen LogP contribution in [0.15, 0.2) is 146 Å². The molecule has 4 aromatic carbocycles. The maximum Gasteiger partial charge on any atom is 0.333 e. The Morgan fingerprint density at radius 2 is 0.807 bits per heavy atom. The van der Waals surface area contributed by atoms with Gasteiger partial charge in [-0.05, 0) is 85.3 Å². The van der Waals surface area contributed by atoms with Crippen LogP contribution in [0.1, 0.15) is 49.9 Å². The molecule has 2 unspecified atom stereocenters. The molecule has 0 aliphatic heterocycles. The first-order valence-corrected chi connectivity index (χ1v) is 18.3. The summed E-state index contributed by atoms with van der Waals surface area (Å²) < 4.78 is 33.6. The van der Waals surface area contributed by atoms with E-state index in [4.69, 9.17) is 28.4 Å². The van der Waals surface area contributed by atoms with Gasteiger partial charge in [-0.25, -0.2) is 19.2 Å². The van der Waals surface area contributed by atoms with E-state index in [1.807, 2.05) is 72.8 Å². The smallest absolute Gasteiger partial charge is 0.333 e. The van der Waals surface area contributed by atoms with E-state index in [1.54, 1.807) is 0 Å². The van der Waals surface area contributed by atoms with E-state index in [0.29, 0.717) is 11.5 Å². The van der Waals surface area contributed by atoms with E-state index in [9.17, 15) is 19.2 Å². The number of rotatable bonds is 18. The Morgan fingerprint density at radius 3 is 1.14 bits per heavy atom. The SMILES string of the molecule is C=C(C)C(=O)OCC(COc1ccc(C2(c3ccc(OCC(COC(=O)C(=C)C)OC(=O)C(=C)C)cc3)c3ccccc3-c3ccccc32)cc1)OC(=O)C(=C)C. The van der Waals surface area contributed by atoms with Gasteiger partial charge in [0.2, 0.25) is 0 Å². The monoisotopic (exact) mass is 770 g/mol. The number of fused-ring (bicyclic) bond motifs is 3. The fourth-order valence-electron chi connectivity index (χ4n) is 6.32. The van der Waals surface area contributed by atoms with Crippen LogP contribution in [0, 0.1) is 0 Å². The number of hydrogen-bond acceptors (Lipinski definition) is 10. The van der Waals surface area contributed by atoms with Crippen molar-refractivity contribution in [2.45, 2.75) is 45.3 Å². The summed E-state index contributed by atoms with van der Waals surface area (Å²) in [5.41, 5.74) is 6.42. The second-order valence-corrected chi connectivity index (χ2v) is 13.9. The number of benzene rings is 4. The summed E-state index contributed by atoms with van der Waals surface area (Å²) in [5.74, 6) is -1.44. The van der Waals surface area contributed by atoms with Gasteiger partial charge in [0.15, 0.2) is 12.2 Å². The van der Waals surface area contributed by atoms with Gasteiger partial charge in [-0.3, -0.25) is 0 Å². The predicted molar refractivity (Wildman–Crippen MR) is 216 cm³/mol. The van der Waals surface area contributed by atoms with Crippen LogP contribution in [0.3, 0.4) is 0 Å². The normalized spacial score (nSPS) is 13.1. The zero-order chi connectivity index (χ0) is 41.3. The van der Waals surface area contributed by atoms with Crippen LogP contribution < -0.4 is 9.47 Å². The summed E-state index contributed by atoms with van der Waals surface area (Å²) in [6, 6.07) is 32.0. The lowest BCUT2D eigenvalue weighted by Gasteiger charge is -2.34. The van der Waals surface area contributed by atoms with Gasteiger partial charge in [-0.15, -0.1) is 0 Å². The summed E-state index contributed by atoms with van der Waals surface area (Å²) in [7, 11) is 0. The Bertz CT molecular complexity index is 2040. The van der Waals surface area contributed by atoms with Crippen LogP contribution in [0.4, 0.5) is 0 Å². The molecule has 0 bridgehead atoms. The second kappa shape index (κ2) is 18.3. The van der Waals surface area contributed by atoms with Crippen LogP contribution in [-0.2, 0) is 43.5 Å². The Labute approximate surface area is 333 Å². The second-order valence-electron chi connectivity index (χ2n) is 13.9. The highest BCUT2D eigenvalue weighted by Gasteiger charge is 2.46. The van der Waals surface area contributed by atoms with Gasteiger partial charge in [-0.1, -0.05) is 99.1 Å². The average Bonchev–Trinajstić information content (AvgIpc) is 3.50. The third kappa shape index (κ3) is 9.59. The zero-order valence-corrected chi connectivity index (χ0v) is 32.6. The molecule has 1 aliphatic rings. The van der Waals surface area contributed by atoms with E-state index in [2.05, 4.69) is 50.6 Å². The number of hydrogen-bond donors (Lipinski definition) is 0. The Morgan fingerprint density at radius 1 is 0.474 bits per heavy atom. The minimum Gasteiger partial charge on any atom is -0.490 e. The highest BCUT2D eigenvalue weighted by atomic mass is 16.6. The minimum absolute atomic E-state index is 0.0797. The van der Waals surface area contributed by atoms with Crippen molar-refractivity contribution in [1.82, 2.24) is 0 Å². The molecule has 0 saturated heterocycles. The van der Waals surface area contributed by atoms with Crippen molar-refractivity contribution < 1.29 is 47.6 Å². The summed E-state index contributed by atoms with van der Waals surface area (Å²) >= 11 is 0. The molecule has 10 heteroatoms. The lowest BCUT2D eigenvalue weighted by Crippen LogP contribution is -2.31. The minimum atomic E-state index is -0.891. The first kappa shape index (κ1) is 41.5. The number of carbonyl (C=O) groups is 4. The molecule has 0 saturated carbocycles. The molecule has 57 heavy (non-hydrogen) atoms. The molecule has 0 fully saturated rings. The van der Waals surface area contributed by atoms with E-state index in [1.165, 1.54) is 27.7 Å². The lowest BCUT2D eigenvalue weighted by molar-refractivity contribution is -0.155. The maximum absolute atomic E-state index is 12.3. The molecule has 4 aromatic rings. The highest BCUT2D eigenvalue weighted by Crippen LogP contribution is 2.56. The fraction of sp³-hybridized carbons (Fsp3) is 0.234. The van der Waals surface area contributed by atoms with Gasteiger partial charge in [0.1, 0.15) is 37.9 Å². The largest absolute Gasteiger partial charge is 0.490 e. The first-order valence-electron chi connectivity index (χ1n) is 18.3. The van der Waals surface area contributed by atoms with Gasteiger partial charge in [0.25, 0.3) is 0 Å². The molecule has 0 aromatic heterocycles. The van der Waals surface area contributed by atoms with E-state index in [0.717, 1.165) is 33.4 Å². The standard InChI is InChI=1S/C47H46O10/c1-29(2)43(48)54-27-37(56-45(50)31(5)6)25-52-35-21-17-33(18-22-35)47(41-15-11-9-13-39(41)40-14-10-12-16-42(40)47)34-19-23-36(24-20-34)53-26-38(57-46(51)32(7)8)28-55-44(49)30(3)4/h9-24,37-38H,1,3,5,7,25-28H2,2,4,6,8H3. The first-order chi connectivity index (χ1) is 27.2. The zero-order valence-electron chi connectivity index (χ0n) is 32.6. The Balaban J connectivity index is 1.44. The van der Waals surface area contributed by atoms with Crippen LogP contribution in [0.2, 0.25) is 0 Å². The van der Waals surface area contributed by atoms with E-state index < -0.39 is 41.5 Å². The van der Waals surface area contributed by atoms with Gasteiger partial charge in [-0.2, -0.15) is 0 Å². The quantitative estimate of drug-likeness (QED) is 0.0492. The van der Waals surface area contributed by atoms with Crippen molar-refractivity contribution in [3.05, 3.63) is 168 Å². The molecule has 0 N–H and O–H groups in total. The maximum atomic E-state index is 12.3. The van der Waals surface area contributed by atoms with E-state index in [-0.39, 0.29) is 48.7 Å². The highest BCUT2D eigenvalue weighted by molar-refractivity contribution is 5.89. The third-order valence-electron chi connectivity index (χ3n) is 9.14. The summed E-state index contributed by atoms with van der Waals surface area (Å²) in [5, 5.41) is 0. The van der Waals surface area contributed by atoms with Crippen molar-refractivity contribution in [2.75, 3.05) is 26.4 Å². The van der Waals surface area contributed by atoms with Crippen LogP contribution in [0.5, 0.6) is 11.5 Å². The average molecular weight is 771 g/mol. The van der Waals surface area contributed by atoms with Gasteiger partial charge in [0, 0.05) is 22.3 Å². The topological polar surface area (TPSA) is 124 Å². The molecule has 2 atom stereocenters. The molecule has 0 spiro atoms. The molecule has 0 amide bonds. The summed E-state index contributed by atoms with van der Waals surface area (Å²) in [4.78, 5) is 48.8. The molecule has 5 rings (SSSR count). The predicted octanol–water partition coefficient (Wildman–Crippen LogP) is 8.02. The summed E-state index contributed by atoms with van der Waals surface area (Å²) in [6.45, 7) is 20.0. The summed E-state index contributed by atoms with van der Waals surface area (Å²) in [6.07, 6.45) is -1.78. The molecule has 1 aliphatic carbocycles. The third-order valence-corrected chi connectivity index (χ3v) is 9.14. The van der Waals surface area contributed by atoms with Crippen LogP contribution in [0.25, 0.3) is 11.1 Å². The van der Waals surface area contributed by atoms with Gasteiger partial charge >= 0.3 is 23.9 Å². The Hall–Kier alpha value is -6.68. The van der Waals surface area contributed by atoms with E-state index >= 15 is 0 Å². The molecular formula is C47H46O10. The van der Waals surface area contributed by atoms with Gasteiger partial charge < -0.3 is 28.4 Å². The molecule has 0 radical (unpaired) electrons. The molecule has 10 nitrogen and oxygen atoms in total. The lowest BCUT2D eigenvalue weighted by atomic mass is 9.68. The van der Waals surface area contributed by atoms with Crippen molar-refractivity contribution in [2.24, 2.45) is 0 Å². The van der Waals surface area contributed by atoms with Crippen LogP contribution >= 0.6 is 0 Å². The number of carbonyl (C=O) groups excluding carboxylic acids is 4. The molecule has 294 valence electrons. The van der Waals surface area contributed by atoms with Crippen molar-refractivity contribution in [3.8, 4) is 22.6 Å². The van der Waals surface area contributed by atoms with Gasteiger partial charge in [0.05, 0.1) is 5.41 Å². The van der Waals surface area contributed by atoms with Crippen molar-refractivity contribution in [1.29, 1.82) is 0 Å². The Kier molecular flexibility index (Phi) is 13.3.